The first-order valence-electron chi connectivity index (χ1n) is 6.35. The second-order valence-corrected chi connectivity index (χ2v) is 4.23. The molecule has 0 amide bonds. The zero-order chi connectivity index (χ0) is 13.8. The van der Waals surface area contributed by atoms with E-state index < -0.39 is 0 Å². The Morgan fingerprint density at radius 3 is 2.80 bits per heavy atom. The van der Waals surface area contributed by atoms with E-state index in [1.807, 2.05) is 42.6 Å². The van der Waals surface area contributed by atoms with E-state index >= 15 is 0 Å². The monoisotopic (exact) mass is 269 g/mol. The lowest BCUT2D eigenvalue weighted by Gasteiger charge is -2.08. The van der Waals surface area contributed by atoms with Crippen LogP contribution < -0.4 is 15.8 Å². The summed E-state index contributed by atoms with van der Waals surface area (Å²) in [5.41, 5.74) is 7.14. The highest BCUT2D eigenvalue weighted by atomic mass is 16.5. The number of rotatable bonds is 5. The summed E-state index contributed by atoms with van der Waals surface area (Å²) < 4.78 is 7.14. The van der Waals surface area contributed by atoms with Gasteiger partial charge in [0.15, 0.2) is 5.65 Å². The number of nitrogens with two attached hydrogens (primary N) is 1. The number of nitrogens with zero attached hydrogens (tertiary/aromatic N) is 3. The molecule has 3 N–H and O–H groups in total. The molecule has 20 heavy (non-hydrogen) atoms. The van der Waals surface area contributed by atoms with Crippen LogP contribution in [0.4, 0.5) is 11.5 Å². The van der Waals surface area contributed by atoms with Gasteiger partial charge >= 0.3 is 0 Å². The van der Waals surface area contributed by atoms with Gasteiger partial charge in [0.25, 0.3) is 0 Å². The normalized spacial score (nSPS) is 10.7. The van der Waals surface area contributed by atoms with E-state index in [2.05, 4.69) is 15.4 Å². The standard InChI is InChI=1S/C14H15N5O/c15-7-10-20-12-3-1-11(2-4-12)17-13-6-9-19-14(18-13)5-8-16-19/h1-6,8-9H,7,10,15H2,(H,17,18). The molecule has 3 aromatic rings. The largest absolute Gasteiger partial charge is 0.492 e. The average molecular weight is 269 g/mol. The Bertz CT molecular complexity index is 692. The number of benzene rings is 1. The fraction of sp³-hybridized carbons (Fsp3) is 0.143. The molecule has 0 aliphatic heterocycles. The predicted molar refractivity (Wildman–Crippen MR) is 77.3 cm³/mol. The number of nitrogens with one attached hydrogen (secondary N) is 1. The van der Waals surface area contributed by atoms with Crippen LogP contribution >= 0.6 is 0 Å². The van der Waals surface area contributed by atoms with Gasteiger partial charge < -0.3 is 15.8 Å². The maximum Gasteiger partial charge on any atom is 0.157 e. The van der Waals surface area contributed by atoms with Crippen molar-refractivity contribution in [1.29, 1.82) is 0 Å². The topological polar surface area (TPSA) is 77.5 Å². The van der Waals surface area contributed by atoms with Gasteiger partial charge in [0.05, 0.1) is 6.20 Å². The summed E-state index contributed by atoms with van der Waals surface area (Å²) in [4.78, 5) is 4.44. The van der Waals surface area contributed by atoms with Gasteiger partial charge in [0, 0.05) is 24.5 Å². The minimum Gasteiger partial charge on any atom is -0.492 e. The first kappa shape index (κ1) is 12.4. The maximum absolute atomic E-state index is 5.43. The summed E-state index contributed by atoms with van der Waals surface area (Å²) >= 11 is 0. The van der Waals surface area contributed by atoms with E-state index in [0.29, 0.717) is 13.2 Å². The fourth-order valence-electron chi connectivity index (χ4n) is 1.84. The minimum absolute atomic E-state index is 0.509. The molecule has 3 rings (SSSR count). The molecule has 0 atom stereocenters. The zero-order valence-corrected chi connectivity index (χ0v) is 10.9. The molecule has 2 heterocycles. The third kappa shape index (κ3) is 2.70. The van der Waals surface area contributed by atoms with Gasteiger partial charge in [0.1, 0.15) is 18.2 Å². The molecule has 0 aliphatic rings. The van der Waals surface area contributed by atoms with Crippen LogP contribution in [-0.4, -0.2) is 27.7 Å². The highest BCUT2D eigenvalue weighted by Crippen LogP contribution is 2.19. The Morgan fingerprint density at radius 2 is 2.00 bits per heavy atom. The number of anilines is 2. The Labute approximate surface area is 116 Å². The molecule has 0 saturated carbocycles. The highest BCUT2D eigenvalue weighted by Gasteiger charge is 2.00. The molecule has 0 bridgehead atoms. The number of ether oxygens (including phenoxy) is 1. The predicted octanol–water partition coefficient (Wildman–Crippen LogP) is 1.81. The Hall–Kier alpha value is -2.60. The summed E-state index contributed by atoms with van der Waals surface area (Å²) in [6.45, 7) is 1.03. The van der Waals surface area contributed by atoms with Crippen molar-refractivity contribution in [3.05, 3.63) is 48.8 Å². The van der Waals surface area contributed by atoms with Crippen molar-refractivity contribution in [2.75, 3.05) is 18.5 Å². The second-order valence-electron chi connectivity index (χ2n) is 4.23. The Balaban J connectivity index is 1.73. The molecule has 6 nitrogen and oxygen atoms in total. The van der Waals surface area contributed by atoms with E-state index in [9.17, 15) is 0 Å². The van der Waals surface area contributed by atoms with E-state index in [1.54, 1.807) is 10.7 Å². The lowest BCUT2D eigenvalue weighted by Crippen LogP contribution is -2.10. The molecule has 0 aliphatic carbocycles. The first-order valence-corrected chi connectivity index (χ1v) is 6.35. The summed E-state index contributed by atoms with van der Waals surface area (Å²) in [5, 5.41) is 7.34. The Kier molecular flexibility index (Phi) is 3.47. The van der Waals surface area contributed by atoms with Gasteiger partial charge in [0.2, 0.25) is 0 Å². The molecular formula is C14H15N5O. The third-order valence-electron chi connectivity index (χ3n) is 2.77. The van der Waals surface area contributed by atoms with Crippen molar-refractivity contribution >= 4 is 17.2 Å². The SMILES string of the molecule is NCCOc1ccc(Nc2ccn3nccc3n2)cc1. The summed E-state index contributed by atoms with van der Waals surface area (Å²) in [6, 6.07) is 11.4. The van der Waals surface area contributed by atoms with Gasteiger partial charge in [-0.15, -0.1) is 0 Å². The zero-order valence-electron chi connectivity index (χ0n) is 10.9. The fourth-order valence-corrected chi connectivity index (χ4v) is 1.84. The molecule has 0 saturated heterocycles. The van der Waals surface area contributed by atoms with Gasteiger partial charge in [-0.1, -0.05) is 0 Å². The van der Waals surface area contributed by atoms with Crippen molar-refractivity contribution in [3.63, 3.8) is 0 Å². The van der Waals surface area contributed by atoms with Crippen LogP contribution in [0.15, 0.2) is 48.8 Å². The van der Waals surface area contributed by atoms with Gasteiger partial charge in [-0.2, -0.15) is 5.10 Å². The van der Waals surface area contributed by atoms with Crippen LogP contribution in [0.3, 0.4) is 0 Å². The molecule has 102 valence electrons. The molecular weight excluding hydrogens is 254 g/mol. The van der Waals surface area contributed by atoms with Crippen molar-refractivity contribution < 1.29 is 4.74 Å². The number of fused-ring (bicyclic) bond motifs is 1. The van der Waals surface area contributed by atoms with Gasteiger partial charge in [-0.05, 0) is 30.3 Å². The molecule has 0 unspecified atom stereocenters. The molecule has 0 fully saturated rings. The highest BCUT2D eigenvalue weighted by molar-refractivity contribution is 5.58. The van der Waals surface area contributed by atoms with Crippen molar-refractivity contribution in [1.82, 2.24) is 14.6 Å². The summed E-state index contributed by atoms with van der Waals surface area (Å²) in [7, 11) is 0. The summed E-state index contributed by atoms with van der Waals surface area (Å²) in [5.74, 6) is 1.58. The van der Waals surface area contributed by atoms with Crippen molar-refractivity contribution in [2.24, 2.45) is 5.73 Å². The lowest BCUT2D eigenvalue weighted by molar-refractivity contribution is 0.328. The van der Waals surface area contributed by atoms with Gasteiger partial charge in [-0.3, -0.25) is 0 Å². The van der Waals surface area contributed by atoms with E-state index in [0.717, 1.165) is 22.9 Å². The van der Waals surface area contributed by atoms with Gasteiger partial charge in [-0.25, -0.2) is 9.50 Å². The quantitative estimate of drug-likeness (QED) is 0.738. The number of aromatic nitrogens is 3. The molecule has 6 heteroatoms. The minimum atomic E-state index is 0.509. The van der Waals surface area contributed by atoms with E-state index in [4.69, 9.17) is 10.5 Å². The van der Waals surface area contributed by atoms with Crippen LogP contribution in [0.25, 0.3) is 5.65 Å². The average Bonchev–Trinajstić information content (AvgIpc) is 2.94. The number of hydrogen-bond acceptors (Lipinski definition) is 5. The van der Waals surface area contributed by atoms with Crippen LogP contribution in [0, 0.1) is 0 Å². The number of hydrogen-bond donors (Lipinski definition) is 2. The van der Waals surface area contributed by atoms with Crippen LogP contribution in [0.5, 0.6) is 5.75 Å². The molecule has 0 radical (unpaired) electrons. The van der Waals surface area contributed by atoms with E-state index in [-0.39, 0.29) is 0 Å². The van der Waals surface area contributed by atoms with Crippen molar-refractivity contribution in [3.8, 4) is 5.75 Å². The maximum atomic E-state index is 5.43. The lowest BCUT2D eigenvalue weighted by atomic mass is 10.3. The van der Waals surface area contributed by atoms with E-state index in [1.165, 1.54) is 0 Å². The second kappa shape index (κ2) is 5.58. The Morgan fingerprint density at radius 1 is 1.15 bits per heavy atom. The smallest absolute Gasteiger partial charge is 0.157 e. The van der Waals surface area contributed by atoms with Crippen LogP contribution in [0.1, 0.15) is 0 Å². The molecule has 2 aromatic heterocycles. The molecule has 0 spiro atoms. The van der Waals surface area contributed by atoms with Crippen LogP contribution in [0.2, 0.25) is 0 Å². The third-order valence-corrected chi connectivity index (χ3v) is 2.77. The summed E-state index contributed by atoms with van der Waals surface area (Å²) in [6.07, 6.45) is 3.58. The van der Waals surface area contributed by atoms with Crippen LogP contribution in [-0.2, 0) is 0 Å². The molecule has 1 aromatic carbocycles. The first-order chi connectivity index (χ1) is 9.85. The van der Waals surface area contributed by atoms with Crippen molar-refractivity contribution in [2.45, 2.75) is 0 Å².